The minimum absolute atomic E-state index is 0.0226. The fraction of sp³-hybridized carbons (Fsp3) is 0.286. The lowest BCUT2D eigenvalue weighted by Gasteiger charge is -2.18. The molecule has 1 N–H and O–H groups in total. The van der Waals surface area contributed by atoms with Gasteiger partial charge < -0.3 is 9.72 Å². The van der Waals surface area contributed by atoms with Crippen molar-refractivity contribution in [2.75, 3.05) is 0 Å². The van der Waals surface area contributed by atoms with Gasteiger partial charge in [-0.15, -0.1) is 0 Å². The Morgan fingerprint density at radius 2 is 1.81 bits per heavy atom. The summed E-state index contributed by atoms with van der Waals surface area (Å²) in [5.41, 5.74) is 2.92. The first-order chi connectivity index (χ1) is 12.3. The molecule has 2 aromatic carbocycles. The summed E-state index contributed by atoms with van der Waals surface area (Å²) < 4.78 is 5.31. The van der Waals surface area contributed by atoms with Crippen molar-refractivity contribution in [1.29, 1.82) is 0 Å². The molecule has 0 saturated carbocycles. The van der Waals surface area contributed by atoms with Crippen molar-refractivity contribution in [3.8, 4) is 0 Å². The lowest BCUT2D eigenvalue weighted by atomic mass is 9.87. The van der Waals surface area contributed by atoms with Gasteiger partial charge in [-0.2, -0.15) is 0 Å². The number of aromatic amines is 1. The quantitative estimate of drug-likeness (QED) is 0.728. The zero-order valence-corrected chi connectivity index (χ0v) is 15.4. The molecule has 0 radical (unpaired) electrons. The van der Waals surface area contributed by atoms with Gasteiger partial charge in [0, 0.05) is 0 Å². The first-order valence-electron chi connectivity index (χ1n) is 8.52. The number of nitrogens with zero attached hydrogens (tertiary/aromatic N) is 1. The highest BCUT2D eigenvalue weighted by atomic mass is 16.5. The largest absolute Gasteiger partial charge is 0.454 e. The van der Waals surface area contributed by atoms with Crippen LogP contribution >= 0.6 is 0 Å². The van der Waals surface area contributed by atoms with E-state index in [9.17, 15) is 9.59 Å². The smallest absolute Gasteiger partial charge is 0.338 e. The van der Waals surface area contributed by atoms with E-state index in [1.807, 2.05) is 31.2 Å². The number of benzene rings is 2. The number of carbonyl (C=O) groups excluding carboxylic acids is 1. The number of fused-ring (bicyclic) bond motifs is 1. The number of rotatable bonds is 3. The highest BCUT2D eigenvalue weighted by molar-refractivity contribution is 5.89. The van der Waals surface area contributed by atoms with Crippen molar-refractivity contribution in [2.45, 2.75) is 39.7 Å². The van der Waals surface area contributed by atoms with Crippen LogP contribution in [0.25, 0.3) is 10.9 Å². The molecule has 26 heavy (non-hydrogen) atoms. The molecule has 134 valence electrons. The number of ether oxygens (including phenoxy) is 1. The predicted octanol–water partition coefficient (Wildman–Crippen LogP) is 3.89. The van der Waals surface area contributed by atoms with E-state index in [1.165, 1.54) is 0 Å². The summed E-state index contributed by atoms with van der Waals surface area (Å²) >= 11 is 0. The van der Waals surface area contributed by atoms with E-state index in [2.05, 4.69) is 30.7 Å². The number of para-hydroxylation sites is 1. The molecule has 1 heterocycles. The molecule has 0 aliphatic carbocycles. The monoisotopic (exact) mass is 350 g/mol. The maximum atomic E-state index is 12.3. The van der Waals surface area contributed by atoms with Crippen LogP contribution in [-0.2, 0) is 16.8 Å². The molecule has 0 spiro atoms. The summed E-state index contributed by atoms with van der Waals surface area (Å²) in [6.07, 6.45) is 0. The minimum Gasteiger partial charge on any atom is -0.454 e. The molecular formula is C21H22N2O3. The van der Waals surface area contributed by atoms with Crippen LogP contribution in [0.5, 0.6) is 0 Å². The summed E-state index contributed by atoms with van der Waals surface area (Å²) in [5, 5.41) is 0.526. The van der Waals surface area contributed by atoms with Crippen molar-refractivity contribution in [3.63, 3.8) is 0 Å². The van der Waals surface area contributed by atoms with Gasteiger partial charge in [0.25, 0.3) is 5.56 Å². The second-order valence-corrected chi connectivity index (χ2v) is 7.39. The van der Waals surface area contributed by atoms with Gasteiger partial charge >= 0.3 is 5.97 Å². The SMILES string of the molecule is Cc1cccc2c(=O)[nH]c(COC(=O)c3ccc(C(C)(C)C)cc3)nc12. The van der Waals surface area contributed by atoms with Crippen LogP contribution in [-0.4, -0.2) is 15.9 Å². The molecule has 0 saturated heterocycles. The standard InChI is InChI=1S/C21H22N2O3/c1-13-6-5-7-16-18(13)22-17(23-19(16)24)12-26-20(25)14-8-10-15(11-9-14)21(2,3)4/h5-11H,12H2,1-4H3,(H,22,23,24). The Kier molecular flexibility index (Phi) is 4.64. The number of esters is 1. The number of hydrogen-bond donors (Lipinski definition) is 1. The molecular weight excluding hydrogens is 328 g/mol. The van der Waals surface area contributed by atoms with Crippen LogP contribution in [0.4, 0.5) is 0 Å². The Labute approximate surface area is 152 Å². The van der Waals surface area contributed by atoms with Crippen molar-refractivity contribution < 1.29 is 9.53 Å². The van der Waals surface area contributed by atoms with Crippen molar-refractivity contribution in [1.82, 2.24) is 9.97 Å². The third-order valence-corrected chi connectivity index (χ3v) is 4.31. The third kappa shape index (κ3) is 3.67. The number of carbonyl (C=O) groups is 1. The molecule has 5 heteroatoms. The Hall–Kier alpha value is -2.95. The minimum atomic E-state index is -0.446. The molecule has 0 aliphatic heterocycles. The number of hydrogen-bond acceptors (Lipinski definition) is 4. The molecule has 5 nitrogen and oxygen atoms in total. The van der Waals surface area contributed by atoms with Gasteiger partial charge in [0.05, 0.1) is 16.5 Å². The third-order valence-electron chi connectivity index (χ3n) is 4.31. The van der Waals surface area contributed by atoms with Crippen molar-refractivity contribution >= 4 is 16.9 Å². The Morgan fingerprint density at radius 3 is 2.46 bits per heavy atom. The molecule has 0 amide bonds. The van der Waals surface area contributed by atoms with Crippen LogP contribution in [0.15, 0.2) is 47.3 Å². The molecule has 0 atom stereocenters. The van der Waals surface area contributed by atoms with Gasteiger partial charge in [-0.1, -0.05) is 45.0 Å². The van der Waals surface area contributed by atoms with E-state index in [-0.39, 0.29) is 17.6 Å². The topological polar surface area (TPSA) is 72.1 Å². The van der Waals surface area contributed by atoms with Crippen LogP contribution < -0.4 is 5.56 Å². The molecule has 0 aliphatic rings. The molecule has 1 aromatic heterocycles. The summed E-state index contributed by atoms with van der Waals surface area (Å²) in [6.45, 7) is 8.15. The van der Waals surface area contributed by atoms with Crippen LogP contribution in [0.1, 0.15) is 48.1 Å². The maximum absolute atomic E-state index is 12.3. The molecule has 3 aromatic rings. The molecule has 0 bridgehead atoms. The van der Waals surface area contributed by atoms with Crippen LogP contribution in [0, 0.1) is 6.92 Å². The fourth-order valence-corrected chi connectivity index (χ4v) is 2.74. The van der Waals surface area contributed by atoms with E-state index in [0.717, 1.165) is 11.1 Å². The summed E-state index contributed by atoms with van der Waals surface area (Å²) in [6, 6.07) is 12.8. The molecule has 3 rings (SSSR count). The zero-order valence-electron chi connectivity index (χ0n) is 15.4. The van der Waals surface area contributed by atoms with Crippen molar-refractivity contribution in [2.24, 2.45) is 0 Å². The van der Waals surface area contributed by atoms with E-state index in [0.29, 0.717) is 22.3 Å². The number of aryl methyl sites for hydroxylation is 1. The normalized spacial score (nSPS) is 11.5. The van der Waals surface area contributed by atoms with Gasteiger partial charge in [-0.05, 0) is 41.7 Å². The predicted molar refractivity (Wildman–Crippen MR) is 101 cm³/mol. The van der Waals surface area contributed by atoms with E-state index >= 15 is 0 Å². The highest BCUT2D eigenvalue weighted by Crippen LogP contribution is 2.22. The first-order valence-corrected chi connectivity index (χ1v) is 8.52. The zero-order chi connectivity index (χ0) is 18.9. The Balaban J connectivity index is 1.76. The maximum Gasteiger partial charge on any atom is 0.338 e. The van der Waals surface area contributed by atoms with Crippen molar-refractivity contribution in [3.05, 3.63) is 75.3 Å². The average Bonchev–Trinajstić information content (AvgIpc) is 2.60. The summed E-state index contributed by atoms with van der Waals surface area (Å²) in [4.78, 5) is 31.5. The van der Waals surface area contributed by atoms with E-state index < -0.39 is 5.97 Å². The fourth-order valence-electron chi connectivity index (χ4n) is 2.74. The van der Waals surface area contributed by atoms with Crippen LogP contribution in [0.3, 0.4) is 0 Å². The Morgan fingerprint density at radius 1 is 1.12 bits per heavy atom. The first kappa shape index (κ1) is 17.9. The van der Waals surface area contributed by atoms with Gasteiger partial charge in [-0.25, -0.2) is 9.78 Å². The van der Waals surface area contributed by atoms with Gasteiger partial charge in [0.15, 0.2) is 0 Å². The van der Waals surface area contributed by atoms with Gasteiger partial charge in [-0.3, -0.25) is 4.79 Å². The second-order valence-electron chi connectivity index (χ2n) is 7.39. The molecule has 0 fully saturated rings. The molecule has 0 unspecified atom stereocenters. The number of nitrogens with one attached hydrogen (secondary N) is 1. The summed E-state index contributed by atoms with van der Waals surface area (Å²) in [5.74, 6) is -0.116. The lowest BCUT2D eigenvalue weighted by Crippen LogP contribution is -2.15. The van der Waals surface area contributed by atoms with Gasteiger partial charge in [0.1, 0.15) is 12.4 Å². The van der Waals surface area contributed by atoms with Gasteiger partial charge in [0.2, 0.25) is 0 Å². The van der Waals surface area contributed by atoms with Crippen LogP contribution in [0.2, 0.25) is 0 Å². The van der Waals surface area contributed by atoms with E-state index in [4.69, 9.17) is 4.74 Å². The average molecular weight is 350 g/mol. The summed E-state index contributed by atoms with van der Waals surface area (Å²) in [7, 11) is 0. The number of H-pyrrole nitrogens is 1. The number of aromatic nitrogens is 2. The van der Waals surface area contributed by atoms with E-state index in [1.54, 1.807) is 18.2 Å². The lowest BCUT2D eigenvalue weighted by molar-refractivity contribution is 0.0462. The highest BCUT2D eigenvalue weighted by Gasteiger charge is 2.15. The Bertz CT molecular complexity index is 1010. The second kappa shape index (κ2) is 6.75.